The maximum absolute atomic E-state index is 11.9. The lowest BCUT2D eigenvalue weighted by Gasteiger charge is -2.49. The number of fused-ring (bicyclic) bond motifs is 13. The summed E-state index contributed by atoms with van der Waals surface area (Å²) in [5, 5.41) is 0. The molecule has 5 nitrogen and oxygen atoms in total. The number of carbonyl (C=O) groups excluding carboxylic acids is 2. The standard InChI is InChI=1S/C108H130O5S2/c1-10-37-97-45-47-98(38-11-2,48-46-97)105(97)83-28-24-23-27-75(83)77-64-87-79(66-85(77)105)81-68-90-82(69-89(81)107(87)101(41-14-5)53-55-102(107,42-15-6)56-54-101)80-67-86-78(65-88(80)108(90)103(43-16-7)57-59-104(108,44-17-8)60-58-103)76-34-31-73(63-84(76)106(86)99(39-12-3)49-51-100(106,40-13-4)52-50-99)92-71-94-93(115-92)70-91(114-94)72-29-32-74(33-30-72)112-61-25-21-19-20-22-26-62-113-96(110)36-35-95(109)111-18-9/h23-24,27-36,63-71H,10-22,25-26,37-62H2,1-9H3/b36-35-. The van der Waals surface area contributed by atoms with Crippen LogP contribution in [0.3, 0.4) is 0 Å². The summed E-state index contributed by atoms with van der Waals surface area (Å²) >= 11 is 3.97. The van der Waals surface area contributed by atoms with E-state index in [0.29, 0.717) is 24.0 Å². The van der Waals surface area contributed by atoms with Gasteiger partial charge in [0.25, 0.3) is 0 Å². The Kier molecular flexibility index (Phi) is 19.0. The highest BCUT2D eigenvalue weighted by molar-refractivity contribution is 7.31. The highest BCUT2D eigenvalue weighted by atomic mass is 32.1. The zero-order valence-corrected chi connectivity index (χ0v) is 73.1. The number of ether oxygens (including phenoxy) is 3. The molecule has 2 heterocycles. The van der Waals surface area contributed by atoms with Gasteiger partial charge in [-0.25, -0.2) is 9.59 Å². The van der Waals surface area contributed by atoms with Crippen LogP contribution in [0.2, 0.25) is 0 Å². The smallest absolute Gasteiger partial charge is 0.331 e. The van der Waals surface area contributed by atoms with E-state index in [9.17, 15) is 9.59 Å². The Balaban J connectivity index is 0.702. The Labute approximate surface area is 697 Å². The molecule has 12 aliphatic rings. The molecule has 7 heteroatoms. The molecule has 604 valence electrons. The van der Waals surface area contributed by atoms with Gasteiger partial charge in [0.2, 0.25) is 0 Å². The second-order valence-corrected chi connectivity index (χ2v) is 42.2. The third-order valence-electron chi connectivity index (χ3n) is 36.0. The van der Waals surface area contributed by atoms with E-state index in [2.05, 4.69) is 171 Å². The van der Waals surface area contributed by atoms with Gasteiger partial charge in [0, 0.05) is 53.0 Å². The molecule has 8 saturated carbocycles. The second-order valence-electron chi connectivity index (χ2n) is 40.1. The predicted octanol–water partition coefficient (Wildman–Crippen LogP) is 30.4. The maximum Gasteiger partial charge on any atom is 0.331 e. The monoisotopic (exact) mass is 1570 g/mol. The molecule has 20 rings (SSSR count). The Hall–Kier alpha value is -6.54. The molecule has 0 atom stereocenters. The first kappa shape index (κ1) is 77.1. The molecule has 12 aliphatic carbocycles. The molecule has 8 fully saturated rings. The van der Waals surface area contributed by atoms with Crippen LogP contribution in [0.5, 0.6) is 5.75 Å². The maximum atomic E-state index is 11.9. The Bertz CT molecular complexity index is 5040. The van der Waals surface area contributed by atoms with Crippen molar-refractivity contribution in [3.8, 4) is 71.1 Å². The van der Waals surface area contributed by atoms with E-state index >= 15 is 0 Å². The minimum atomic E-state index is -0.530. The number of benzene rings is 6. The summed E-state index contributed by atoms with van der Waals surface area (Å²) in [4.78, 5) is 26.2. The number of esters is 2. The first-order chi connectivity index (χ1) is 56.1. The second kappa shape index (κ2) is 28.3. The van der Waals surface area contributed by atoms with Crippen LogP contribution in [0.4, 0.5) is 0 Å². The first-order valence-corrected chi connectivity index (χ1v) is 48.9. The summed E-state index contributed by atoms with van der Waals surface area (Å²) in [5.74, 6) is -0.112. The van der Waals surface area contributed by atoms with Crippen molar-refractivity contribution in [3.63, 3.8) is 0 Å². The number of carbonyl (C=O) groups is 2. The summed E-state index contributed by atoms with van der Waals surface area (Å²) in [6.45, 7) is 23.5. The molecule has 0 unspecified atom stereocenters. The van der Waals surface area contributed by atoms with Gasteiger partial charge in [-0.2, -0.15) is 0 Å². The SMILES string of the molecule is CCCC12CCC(CCC)(CC1)C21c2ccccc2-c2cc3c(cc21)-c1cc2c(cc1C31C3(CCC)CCC1(CCC)CC3)-c1cc3c(cc1C21C2(CCC)CCC1(CCC)CC2)-c1ccc(-c2cc4sc(-c5ccc(OCCCCCCCCOC(=O)/C=C\C(=O)OCC)cc5)cc4s2)cc1C31C2(CCC)CCC1(CCC)CC2. The average Bonchev–Trinajstić information content (AvgIpc) is 1.45. The number of thiophene rings is 2. The summed E-state index contributed by atoms with van der Waals surface area (Å²) in [6.07, 6.45) is 50.9. The first-order valence-electron chi connectivity index (χ1n) is 47.2. The van der Waals surface area contributed by atoms with Gasteiger partial charge >= 0.3 is 11.9 Å². The van der Waals surface area contributed by atoms with Gasteiger partial charge in [0.05, 0.1) is 19.8 Å². The third kappa shape index (κ3) is 9.84. The number of hydrogen-bond acceptors (Lipinski definition) is 7. The minimum Gasteiger partial charge on any atom is -0.494 e. The van der Waals surface area contributed by atoms with E-state index in [4.69, 9.17) is 14.2 Å². The highest BCUT2D eigenvalue weighted by Crippen LogP contribution is 2.88. The van der Waals surface area contributed by atoms with Crippen molar-refractivity contribution in [2.45, 2.75) is 328 Å². The van der Waals surface area contributed by atoms with E-state index in [0.717, 1.165) is 56.4 Å². The summed E-state index contributed by atoms with van der Waals surface area (Å²) in [6, 6.07) is 50.9. The van der Waals surface area contributed by atoms with E-state index in [1.54, 1.807) is 95.9 Å². The largest absolute Gasteiger partial charge is 0.494 e. The molecule has 0 N–H and O–H groups in total. The van der Waals surface area contributed by atoms with Crippen LogP contribution in [0.1, 0.15) is 351 Å². The van der Waals surface area contributed by atoms with Gasteiger partial charge in [0.1, 0.15) is 5.75 Å². The van der Waals surface area contributed by atoms with Crippen molar-refractivity contribution in [1.29, 1.82) is 0 Å². The molecule has 0 amide bonds. The fourth-order valence-corrected chi connectivity index (χ4v) is 35.7. The lowest BCUT2D eigenvalue weighted by molar-refractivity contribution is -0.140. The van der Waals surface area contributed by atoms with E-state index in [1.165, 1.54) is 236 Å². The van der Waals surface area contributed by atoms with Crippen LogP contribution in [0.15, 0.2) is 127 Å². The molecule has 2 aromatic heterocycles. The molecule has 0 aliphatic heterocycles. The van der Waals surface area contributed by atoms with Crippen LogP contribution in [0, 0.1) is 43.3 Å². The van der Waals surface area contributed by atoms with Crippen LogP contribution in [-0.2, 0) is 40.7 Å². The molecule has 115 heavy (non-hydrogen) atoms. The predicted molar refractivity (Wildman–Crippen MR) is 478 cm³/mol. The van der Waals surface area contributed by atoms with Gasteiger partial charge in [-0.1, -0.05) is 169 Å². The number of hydrogen-bond donors (Lipinski definition) is 0. The van der Waals surface area contributed by atoms with E-state index in [1.807, 2.05) is 22.7 Å². The van der Waals surface area contributed by atoms with Crippen LogP contribution in [0.25, 0.3) is 74.8 Å². The molecule has 0 saturated heterocycles. The summed E-state index contributed by atoms with van der Waals surface area (Å²) in [7, 11) is 0. The van der Waals surface area contributed by atoms with Crippen molar-refractivity contribution < 1.29 is 23.8 Å². The van der Waals surface area contributed by atoms with Gasteiger partial charge in [0.15, 0.2) is 0 Å². The van der Waals surface area contributed by atoms with E-state index < -0.39 is 11.9 Å². The van der Waals surface area contributed by atoms with Crippen molar-refractivity contribution in [3.05, 3.63) is 172 Å². The van der Waals surface area contributed by atoms with Gasteiger partial charge < -0.3 is 14.2 Å². The van der Waals surface area contributed by atoms with E-state index in [-0.39, 0.29) is 60.8 Å². The lowest BCUT2D eigenvalue weighted by atomic mass is 9.53. The molecule has 4 spiro atoms. The van der Waals surface area contributed by atoms with Crippen molar-refractivity contribution in [1.82, 2.24) is 0 Å². The zero-order chi connectivity index (χ0) is 78.8. The third-order valence-corrected chi connectivity index (χ3v) is 38.4. The summed E-state index contributed by atoms with van der Waals surface area (Å²) in [5.41, 5.74) is 31.9. The molecule has 8 aromatic rings. The van der Waals surface area contributed by atoms with Crippen molar-refractivity contribution in [2.24, 2.45) is 43.3 Å². The Morgan fingerprint density at radius 3 is 0.965 bits per heavy atom. The fourth-order valence-electron chi connectivity index (χ4n) is 33.3. The normalized spacial score (nSPS) is 32.1. The van der Waals surface area contributed by atoms with Gasteiger partial charge in [-0.05, 0) is 396 Å². The van der Waals surface area contributed by atoms with Crippen LogP contribution >= 0.6 is 22.7 Å². The summed E-state index contributed by atoms with van der Waals surface area (Å²) < 4.78 is 19.2. The quantitative estimate of drug-likeness (QED) is 0.0246. The van der Waals surface area contributed by atoms with Crippen LogP contribution < -0.4 is 4.74 Å². The molecular formula is C108H130O5S2. The number of rotatable bonds is 31. The Morgan fingerprint density at radius 1 is 0.304 bits per heavy atom. The van der Waals surface area contributed by atoms with Crippen molar-refractivity contribution in [2.75, 3.05) is 19.8 Å². The topological polar surface area (TPSA) is 61.8 Å². The van der Waals surface area contributed by atoms with Gasteiger partial charge in [-0.15, -0.1) is 22.7 Å². The highest BCUT2D eigenvalue weighted by Gasteiger charge is 2.80. The average molecular weight is 1570 g/mol. The van der Waals surface area contributed by atoms with Crippen LogP contribution in [-0.4, -0.2) is 31.8 Å². The molecular weight excluding hydrogens is 1440 g/mol. The molecule has 0 radical (unpaired) electrons. The lowest BCUT2D eigenvalue weighted by Crippen LogP contribution is -2.46. The molecule has 6 aromatic carbocycles. The van der Waals surface area contributed by atoms with Gasteiger partial charge in [-0.3, -0.25) is 0 Å². The minimum absolute atomic E-state index is 0.0389. The number of unbranched alkanes of at least 4 members (excludes halogenated alkanes) is 5. The molecule has 8 bridgehead atoms. The fraction of sp³-hybridized carbons (Fsp3) is 0.574. The zero-order valence-electron chi connectivity index (χ0n) is 71.5. The van der Waals surface area contributed by atoms with Crippen molar-refractivity contribution >= 4 is 44.0 Å². The Morgan fingerprint density at radius 2 is 0.600 bits per heavy atom.